The lowest BCUT2D eigenvalue weighted by molar-refractivity contribution is -0.136. The number of anilines is 2. The third-order valence-electron chi connectivity index (χ3n) is 2.33. The molecule has 8 heteroatoms. The predicted octanol–water partition coefficient (Wildman–Crippen LogP) is 1.05. The Morgan fingerprint density at radius 3 is 2.72 bits per heavy atom. The summed E-state index contributed by atoms with van der Waals surface area (Å²) in [5.41, 5.74) is 0. The van der Waals surface area contributed by atoms with Crippen molar-refractivity contribution in [3.05, 3.63) is 0 Å². The summed E-state index contributed by atoms with van der Waals surface area (Å²) in [5, 5.41) is 15.3. The standard InChI is InChI=1S/C10H15N5O2S/c1-18-10-14-8(11-5-4-7(16)17)13-9(15-10)12-6-2-3-6/h6H,2-5H2,1H3,(H,16,17)(H2,11,12,13,14,15). The lowest BCUT2D eigenvalue weighted by Crippen LogP contribution is -2.13. The van der Waals surface area contributed by atoms with Crippen molar-refractivity contribution in [3.63, 3.8) is 0 Å². The van der Waals surface area contributed by atoms with Crippen LogP contribution in [0.1, 0.15) is 19.3 Å². The lowest BCUT2D eigenvalue weighted by Gasteiger charge is -2.08. The van der Waals surface area contributed by atoms with E-state index in [1.54, 1.807) is 0 Å². The maximum atomic E-state index is 10.4. The maximum Gasteiger partial charge on any atom is 0.305 e. The number of thioether (sulfide) groups is 1. The summed E-state index contributed by atoms with van der Waals surface area (Å²) < 4.78 is 0. The first-order valence-electron chi connectivity index (χ1n) is 5.69. The summed E-state index contributed by atoms with van der Waals surface area (Å²) >= 11 is 1.43. The summed E-state index contributed by atoms with van der Waals surface area (Å²) in [5.74, 6) is 0.117. The largest absolute Gasteiger partial charge is 0.481 e. The minimum absolute atomic E-state index is 0.0334. The monoisotopic (exact) mass is 269 g/mol. The van der Waals surface area contributed by atoms with Crippen molar-refractivity contribution in [1.29, 1.82) is 0 Å². The molecule has 7 nitrogen and oxygen atoms in total. The molecule has 1 saturated carbocycles. The predicted molar refractivity (Wildman–Crippen MR) is 69.0 cm³/mol. The fraction of sp³-hybridized carbons (Fsp3) is 0.600. The van der Waals surface area contributed by atoms with E-state index in [4.69, 9.17) is 5.11 Å². The smallest absolute Gasteiger partial charge is 0.305 e. The van der Waals surface area contributed by atoms with Crippen LogP contribution in [0.25, 0.3) is 0 Å². The summed E-state index contributed by atoms with van der Waals surface area (Å²) in [6, 6.07) is 0.467. The number of rotatable bonds is 7. The molecule has 0 radical (unpaired) electrons. The van der Waals surface area contributed by atoms with Crippen LogP contribution >= 0.6 is 11.8 Å². The van der Waals surface area contributed by atoms with Crippen LogP contribution in [0.3, 0.4) is 0 Å². The van der Waals surface area contributed by atoms with Gasteiger partial charge in [-0.1, -0.05) is 11.8 Å². The molecule has 0 unspecified atom stereocenters. The van der Waals surface area contributed by atoms with Crippen LogP contribution in [0.4, 0.5) is 11.9 Å². The first kappa shape index (κ1) is 12.9. The van der Waals surface area contributed by atoms with E-state index in [0.29, 0.717) is 29.6 Å². The molecule has 98 valence electrons. The first-order chi connectivity index (χ1) is 8.67. The van der Waals surface area contributed by atoms with Crippen LogP contribution in [-0.2, 0) is 4.79 Å². The molecule has 1 aliphatic carbocycles. The Morgan fingerprint density at radius 2 is 2.11 bits per heavy atom. The molecule has 18 heavy (non-hydrogen) atoms. The van der Waals surface area contributed by atoms with Crippen molar-refractivity contribution < 1.29 is 9.90 Å². The van der Waals surface area contributed by atoms with Crippen LogP contribution in [-0.4, -0.2) is 44.9 Å². The highest BCUT2D eigenvalue weighted by Gasteiger charge is 2.22. The van der Waals surface area contributed by atoms with E-state index in [1.165, 1.54) is 11.8 Å². The van der Waals surface area contributed by atoms with Crippen molar-refractivity contribution >= 4 is 29.6 Å². The van der Waals surface area contributed by atoms with Gasteiger partial charge in [0.1, 0.15) is 0 Å². The minimum Gasteiger partial charge on any atom is -0.481 e. The van der Waals surface area contributed by atoms with E-state index in [1.807, 2.05) is 6.26 Å². The van der Waals surface area contributed by atoms with Gasteiger partial charge < -0.3 is 15.7 Å². The number of nitrogens with one attached hydrogen (secondary N) is 2. The quantitative estimate of drug-likeness (QED) is 0.632. The van der Waals surface area contributed by atoms with Gasteiger partial charge in [-0.25, -0.2) is 0 Å². The van der Waals surface area contributed by atoms with Gasteiger partial charge in [-0.2, -0.15) is 15.0 Å². The fourth-order valence-corrected chi connectivity index (χ4v) is 1.64. The maximum absolute atomic E-state index is 10.4. The van der Waals surface area contributed by atoms with Crippen LogP contribution in [0.15, 0.2) is 5.16 Å². The van der Waals surface area contributed by atoms with Crippen LogP contribution in [0, 0.1) is 0 Å². The molecular formula is C10H15N5O2S. The molecule has 1 aromatic heterocycles. The second kappa shape index (κ2) is 5.85. The topological polar surface area (TPSA) is 100 Å². The first-order valence-corrected chi connectivity index (χ1v) is 6.92. The molecular weight excluding hydrogens is 254 g/mol. The summed E-state index contributed by atoms with van der Waals surface area (Å²) in [6.45, 7) is 0.302. The van der Waals surface area contributed by atoms with Crippen molar-refractivity contribution in [2.75, 3.05) is 23.4 Å². The molecule has 0 spiro atoms. The Kier molecular flexibility index (Phi) is 4.19. The van der Waals surface area contributed by atoms with Crippen molar-refractivity contribution in [3.8, 4) is 0 Å². The Morgan fingerprint density at radius 1 is 1.39 bits per heavy atom. The zero-order valence-electron chi connectivity index (χ0n) is 10.0. The molecule has 1 fully saturated rings. The second-order valence-corrected chi connectivity index (χ2v) is 4.73. The average molecular weight is 269 g/mol. The van der Waals surface area contributed by atoms with Crippen LogP contribution < -0.4 is 10.6 Å². The van der Waals surface area contributed by atoms with Crippen molar-refractivity contribution in [2.24, 2.45) is 0 Å². The van der Waals surface area contributed by atoms with Crippen LogP contribution in [0.5, 0.6) is 0 Å². The van der Waals surface area contributed by atoms with Gasteiger partial charge in [-0.15, -0.1) is 0 Å². The van der Waals surface area contributed by atoms with E-state index in [0.717, 1.165) is 12.8 Å². The molecule has 1 heterocycles. The molecule has 0 atom stereocenters. The molecule has 2 rings (SSSR count). The molecule has 0 aromatic carbocycles. The van der Waals surface area contributed by atoms with Gasteiger partial charge in [0, 0.05) is 12.6 Å². The van der Waals surface area contributed by atoms with Gasteiger partial charge in [0.2, 0.25) is 11.9 Å². The molecule has 3 N–H and O–H groups in total. The van der Waals surface area contributed by atoms with E-state index in [9.17, 15) is 4.79 Å². The Balaban J connectivity index is 2.00. The minimum atomic E-state index is -0.849. The van der Waals surface area contributed by atoms with Crippen LogP contribution in [0.2, 0.25) is 0 Å². The number of carboxylic acids is 1. The Labute approximate surface area is 109 Å². The molecule has 0 saturated heterocycles. The summed E-state index contributed by atoms with van der Waals surface area (Å²) in [6.07, 6.45) is 4.20. The highest BCUT2D eigenvalue weighted by atomic mass is 32.2. The second-order valence-electron chi connectivity index (χ2n) is 3.96. The van der Waals surface area contributed by atoms with Gasteiger partial charge in [0.15, 0.2) is 5.16 Å². The normalized spacial score (nSPS) is 14.3. The molecule has 1 aliphatic rings. The van der Waals surface area contributed by atoms with Crippen molar-refractivity contribution in [2.45, 2.75) is 30.5 Å². The zero-order valence-corrected chi connectivity index (χ0v) is 10.8. The van der Waals surface area contributed by atoms with Gasteiger partial charge in [-0.3, -0.25) is 4.79 Å². The molecule has 1 aromatic rings. The van der Waals surface area contributed by atoms with Gasteiger partial charge >= 0.3 is 5.97 Å². The lowest BCUT2D eigenvalue weighted by atomic mass is 10.4. The SMILES string of the molecule is CSc1nc(NCCC(=O)O)nc(NC2CC2)n1. The van der Waals surface area contributed by atoms with Gasteiger partial charge in [0.05, 0.1) is 6.42 Å². The summed E-state index contributed by atoms with van der Waals surface area (Å²) in [4.78, 5) is 23.1. The average Bonchev–Trinajstić information content (AvgIpc) is 3.12. The highest BCUT2D eigenvalue weighted by molar-refractivity contribution is 7.98. The number of aromatic nitrogens is 3. The Hall–Kier alpha value is -1.57. The number of hydrogen-bond acceptors (Lipinski definition) is 7. The third kappa shape index (κ3) is 4.02. The Bertz CT molecular complexity index is 438. The summed E-state index contributed by atoms with van der Waals surface area (Å²) in [7, 11) is 0. The zero-order chi connectivity index (χ0) is 13.0. The third-order valence-corrected chi connectivity index (χ3v) is 2.88. The van der Waals surface area contributed by atoms with Gasteiger partial charge in [0.25, 0.3) is 0 Å². The fourth-order valence-electron chi connectivity index (χ4n) is 1.28. The molecule has 0 bridgehead atoms. The van der Waals surface area contributed by atoms with E-state index < -0.39 is 5.97 Å². The van der Waals surface area contributed by atoms with Crippen molar-refractivity contribution in [1.82, 2.24) is 15.0 Å². The number of carboxylic acid groups (broad SMARTS) is 1. The highest BCUT2D eigenvalue weighted by Crippen LogP contribution is 2.24. The van der Waals surface area contributed by atoms with E-state index in [2.05, 4.69) is 25.6 Å². The molecule has 0 aliphatic heterocycles. The van der Waals surface area contributed by atoms with E-state index in [-0.39, 0.29) is 6.42 Å². The van der Waals surface area contributed by atoms with Gasteiger partial charge in [-0.05, 0) is 19.1 Å². The number of hydrogen-bond donors (Lipinski definition) is 3. The number of nitrogens with zero attached hydrogens (tertiary/aromatic N) is 3. The number of aliphatic carboxylic acids is 1. The molecule has 0 amide bonds. The van der Waals surface area contributed by atoms with E-state index >= 15 is 0 Å². The number of carbonyl (C=O) groups is 1.